The van der Waals surface area contributed by atoms with Crippen LogP contribution in [0.5, 0.6) is 0 Å². The molecule has 0 saturated heterocycles. The van der Waals surface area contributed by atoms with Crippen molar-refractivity contribution in [1.29, 1.82) is 0 Å². The number of hydrogen-bond donors (Lipinski definition) is 0. The minimum atomic E-state index is -0.350. The third-order valence-corrected chi connectivity index (χ3v) is 3.94. The maximum atomic E-state index is 12.3. The van der Waals surface area contributed by atoms with Crippen molar-refractivity contribution in [2.45, 2.75) is 19.8 Å². The lowest BCUT2D eigenvalue weighted by Crippen LogP contribution is -2.08. The first-order chi connectivity index (χ1) is 12.7. The Morgan fingerprint density at radius 3 is 2.12 bits per heavy atom. The molecule has 0 radical (unpaired) electrons. The number of carbonyl (C=O) groups excluding carboxylic acids is 2. The number of ether oxygens (including phenoxy) is 1. The monoisotopic (exact) mass is 349 g/mol. The van der Waals surface area contributed by atoms with Gasteiger partial charge in [-0.3, -0.25) is 4.79 Å². The summed E-state index contributed by atoms with van der Waals surface area (Å²) in [6, 6.07) is 14.6. The van der Waals surface area contributed by atoms with Gasteiger partial charge in [0.2, 0.25) is 0 Å². The normalized spacial score (nSPS) is 10.5. The zero-order chi connectivity index (χ0) is 18.4. The van der Waals surface area contributed by atoms with Gasteiger partial charge in [0.05, 0.1) is 18.4 Å². The largest absolute Gasteiger partial charge is 0.462 e. The Morgan fingerprint density at radius 2 is 1.58 bits per heavy atom. The highest BCUT2D eigenvalue weighted by molar-refractivity contribution is 5.89. The number of rotatable bonds is 7. The van der Waals surface area contributed by atoms with Crippen LogP contribution in [-0.4, -0.2) is 23.3 Å². The van der Waals surface area contributed by atoms with E-state index in [0.717, 1.165) is 16.7 Å². The Morgan fingerprint density at radius 1 is 0.962 bits per heavy atom. The van der Waals surface area contributed by atoms with Crippen molar-refractivity contribution in [3.8, 4) is 11.3 Å². The zero-order valence-corrected chi connectivity index (χ0v) is 14.5. The van der Waals surface area contributed by atoms with Gasteiger partial charge in [-0.1, -0.05) is 36.4 Å². The van der Waals surface area contributed by atoms with E-state index in [0.29, 0.717) is 30.8 Å². The number of aromatic nitrogens is 1. The van der Waals surface area contributed by atoms with E-state index >= 15 is 0 Å². The first kappa shape index (κ1) is 17.6. The second-order valence-corrected chi connectivity index (χ2v) is 5.87. The second-order valence-electron chi connectivity index (χ2n) is 5.87. The Labute approximate surface area is 151 Å². The average Bonchev–Trinajstić information content (AvgIpc) is 3.18. The van der Waals surface area contributed by atoms with E-state index in [4.69, 9.17) is 9.15 Å². The van der Waals surface area contributed by atoms with Gasteiger partial charge in [0, 0.05) is 18.4 Å². The van der Waals surface area contributed by atoms with Gasteiger partial charge >= 0.3 is 5.97 Å². The standard InChI is InChI=1S/C21H19NO4/c1-2-25-21(24)18-9-5-16(6-10-18)12-19(23)11-15-3-7-17(8-4-15)20-13-22-14-26-20/h3-10,13-14H,2,11-12H2,1H3. The number of ketones is 1. The van der Waals surface area contributed by atoms with Gasteiger partial charge in [0.15, 0.2) is 12.2 Å². The van der Waals surface area contributed by atoms with Crippen molar-refractivity contribution >= 4 is 11.8 Å². The van der Waals surface area contributed by atoms with Crippen LogP contribution in [0.1, 0.15) is 28.4 Å². The molecule has 0 saturated carbocycles. The van der Waals surface area contributed by atoms with Crippen LogP contribution in [0, 0.1) is 0 Å². The first-order valence-electron chi connectivity index (χ1n) is 8.41. The number of nitrogens with zero attached hydrogens (tertiary/aromatic N) is 1. The molecule has 0 amide bonds. The maximum Gasteiger partial charge on any atom is 0.338 e. The van der Waals surface area contributed by atoms with E-state index in [-0.39, 0.29) is 11.8 Å². The average molecular weight is 349 g/mol. The van der Waals surface area contributed by atoms with Crippen molar-refractivity contribution in [1.82, 2.24) is 4.98 Å². The van der Waals surface area contributed by atoms with Gasteiger partial charge < -0.3 is 9.15 Å². The number of esters is 1. The van der Waals surface area contributed by atoms with Crippen LogP contribution in [0.3, 0.4) is 0 Å². The topological polar surface area (TPSA) is 69.4 Å². The molecule has 0 N–H and O–H groups in total. The Hall–Kier alpha value is -3.21. The lowest BCUT2D eigenvalue weighted by atomic mass is 10.0. The van der Waals surface area contributed by atoms with E-state index in [1.165, 1.54) is 6.39 Å². The molecule has 0 fully saturated rings. The number of oxazole rings is 1. The third-order valence-electron chi connectivity index (χ3n) is 3.94. The number of benzene rings is 2. The van der Waals surface area contributed by atoms with Crippen LogP contribution in [0.2, 0.25) is 0 Å². The van der Waals surface area contributed by atoms with E-state index in [1.807, 2.05) is 24.3 Å². The fourth-order valence-electron chi connectivity index (χ4n) is 2.64. The van der Waals surface area contributed by atoms with Crippen LogP contribution in [0.4, 0.5) is 0 Å². The minimum absolute atomic E-state index is 0.112. The van der Waals surface area contributed by atoms with E-state index < -0.39 is 0 Å². The van der Waals surface area contributed by atoms with Crippen molar-refractivity contribution < 1.29 is 18.7 Å². The van der Waals surface area contributed by atoms with Gasteiger partial charge in [0.1, 0.15) is 5.78 Å². The zero-order valence-electron chi connectivity index (χ0n) is 14.5. The highest BCUT2D eigenvalue weighted by atomic mass is 16.5. The maximum absolute atomic E-state index is 12.3. The highest BCUT2D eigenvalue weighted by Gasteiger charge is 2.09. The molecule has 5 nitrogen and oxygen atoms in total. The van der Waals surface area contributed by atoms with Gasteiger partial charge in [0.25, 0.3) is 0 Å². The molecule has 1 aromatic heterocycles. The summed E-state index contributed by atoms with van der Waals surface area (Å²) in [6.07, 6.45) is 3.73. The lowest BCUT2D eigenvalue weighted by molar-refractivity contribution is -0.117. The molecule has 0 atom stereocenters. The fraction of sp³-hybridized carbons (Fsp3) is 0.190. The molecule has 0 unspecified atom stereocenters. The van der Waals surface area contributed by atoms with Crippen molar-refractivity contribution in [3.05, 3.63) is 77.8 Å². The molecular formula is C21H19NO4. The number of hydrogen-bond acceptors (Lipinski definition) is 5. The van der Waals surface area contributed by atoms with E-state index in [2.05, 4.69) is 4.98 Å². The summed E-state index contributed by atoms with van der Waals surface area (Å²) in [7, 11) is 0. The Bertz CT molecular complexity index is 865. The first-order valence-corrected chi connectivity index (χ1v) is 8.41. The molecule has 0 aliphatic heterocycles. The number of carbonyl (C=O) groups is 2. The summed E-state index contributed by atoms with van der Waals surface area (Å²) < 4.78 is 10.2. The molecule has 26 heavy (non-hydrogen) atoms. The van der Waals surface area contributed by atoms with Gasteiger partial charge in [-0.25, -0.2) is 9.78 Å². The molecule has 1 heterocycles. The molecule has 0 bridgehead atoms. The minimum Gasteiger partial charge on any atom is -0.462 e. The SMILES string of the molecule is CCOC(=O)c1ccc(CC(=O)Cc2ccc(-c3cnco3)cc2)cc1. The molecule has 2 aromatic carbocycles. The Balaban J connectivity index is 1.57. The second kappa shape index (κ2) is 8.25. The van der Waals surface area contributed by atoms with Crippen LogP contribution in [-0.2, 0) is 22.4 Å². The lowest BCUT2D eigenvalue weighted by Gasteiger charge is -2.05. The molecule has 5 heteroatoms. The van der Waals surface area contributed by atoms with Crippen LogP contribution >= 0.6 is 0 Å². The molecular weight excluding hydrogens is 330 g/mol. The molecule has 132 valence electrons. The molecule has 0 aliphatic rings. The quantitative estimate of drug-likeness (QED) is 0.606. The van der Waals surface area contributed by atoms with Gasteiger partial charge in [-0.2, -0.15) is 0 Å². The molecule has 0 aliphatic carbocycles. The highest BCUT2D eigenvalue weighted by Crippen LogP contribution is 2.19. The smallest absolute Gasteiger partial charge is 0.338 e. The summed E-state index contributed by atoms with van der Waals surface area (Å²) in [4.78, 5) is 27.8. The summed E-state index contributed by atoms with van der Waals surface area (Å²) in [5.41, 5.74) is 3.24. The van der Waals surface area contributed by atoms with E-state index in [9.17, 15) is 9.59 Å². The van der Waals surface area contributed by atoms with Gasteiger partial charge in [-0.15, -0.1) is 0 Å². The predicted molar refractivity (Wildman–Crippen MR) is 96.8 cm³/mol. The summed E-state index contributed by atoms with van der Waals surface area (Å²) >= 11 is 0. The summed E-state index contributed by atoms with van der Waals surface area (Å²) in [5.74, 6) is 0.461. The Kier molecular flexibility index (Phi) is 5.59. The van der Waals surface area contributed by atoms with Crippen molar-refractivity contribution in [2.24, 2.45) is 0 Å². The molecule has 3 aromatic rings. The van der Waals surface area contributed by atoms with Crippen molar-refractivity contribution in [2.75, 3.05) is 6.61 Å². The number of Topliss-reactive ketones (excluding diaryl/α,β-unsaturated/α-hetero) is 1. The molecule has 0 spiro atoms. The van der Waals surface area contributed by atoms with Gasteiger partial charge in [-0.05, 0) is 30.2 Å². The summed E-state index contributed by atoms with van der Waals surface area (Å²) in [5, 5.41) is 0. The van der Waals surface area contributed by atoms with Crippen LogP contribution in [0.15, 0.2) is 65.5 Å². The predicted octanol–water partition coefficient (Wildman–Crippen LogP) is 3.87. The van der Waals surface area contributed by atoms with Crippen LogP contribution < -0.4 is 0 Å². The van der Waals surface area contributed by atoms with Crippen LogP contribution in [0.25, 0.3) is 11.3 Å². The van der Waals surface area contributed by atoms with Crippen molar-refractivity contribution in [3.63, 3.8) is 0 Å². The van der Waals surface area contributed by atoms with E-state index in [1.54, 1.807) is 37.4 Å². The molecule has 3 rings (SSSR count). The summed E-state index contributed by atoms with van der Waals surface area (Å²) in [6.45, 7) is 2.11. The third kappa shape index (κ3) is 4.45. The fourth-order valence-corrected chi connectivity index (χ4v) is 2.64.